The zero-order chi connectivity index (χ0) is 33.5. The van der Waals surface area contributed by atoms with Crippen LogP contribution in [-0.4, -0.2) is 59.4 Å². The number of sulfonamides is 2. The first kappa shape index (κ1) is 34.0. The molecule has 3 aromatic carbocycles. The Morgan fingerprint density at radius 1 is 0.696 bits per heavy atom. The monoisotopic (exact) mass is 665 g/mol. The number of rotatable bonds is 13. The summed E-state index contributed by atoms with van der Waals surface area (Å²) in [5, 5.41) is 12.1. The minimum atomic E-state index is -3.56. The predicted octanol–water partition coefficient (Wildman–Crippen LogP) is 4.03. The van der Waals surface area contributed by atoms with Crippen molar-refractivity contribution < 1.29 is 21.6 Å². The Bertz CT molecular complexity index is 1870. The van der Waals surface area contributed by atoms with E-state index in [1.54, 1.807) is 51.3 Å². The van der Waals surface area contributed by atoms with E-state index in [1.165, 1.54) is 38.4 Å². The molecule has 0 saturated heterocycles. The van der Waals surface area contributed by atoms with Crippen LogP contribution < -0.4 is 30.3 Å². The molecule has 5 N–H and O–H groups in total. The molecular weight excluding hydrogens is 631 g/mol. The van der Waals surface area contributed by atoms with Gasteiger partial charge in [-0.25, -0.2) is 26.3 Å². The number of nitrogens with zero attached hydrogens (tertiary/aromatic N) is 4. The van der Waals surface area contributed by atoms with Gasteiger partial charge in [-0.2, -0.15) is 20.2 Å². The number of nitrogens with one attached hydrogen (secondary N) is 5. The van der Waals surface area contributed by atoms with Crippen molar-refractivity contribution in [3.05, 3.63) is 89.5 Å². The number of ether oxygens (including phenoxy) is 1. The molecule has 46 heavy (non-hydrogen) atoms. The standard InChI is InChI=1S/C30H35N9O5S2/c1-19-7-16-27(44-6)26(17-19)33-30-34-28(38-36-20(2)22-8-12-24(13-9-22)45(40,41)31-4)18-29(35-30)39-37-21(3)23-10-14-25(15-11-23)46(42,43)32-5/h7-18,31-32H,1-6H3,(H3,33,34,35,38,39). The van der Waals surface area contributed by atoms with Gasteiger partial charge in [-0.3, -0.25) is 10.9 Å². The van der Waals surface area contributed by atoms with E-state index in [0.717, 1.165) is 5.56 Å². The van der Waals surface area contributed by atoms with Gasteiger partial charge in [-0.1, -0.05) is 30.3 Å². The molecule has 0 aliphatic rings. The summed E-state index contributed by atoms with van der Waals surface area (Å²) >= 11 is 0. The van der Waals surface area contributed by atoms with E-state index in [-0.39, 0.29) is 15.7 Å². The number of hydrogen-bond acceptors (Lipinski definition) is 12. The van der Waals surface area contributed by atoms with E-state index in [4.69, 9.17) is 4.74 Å². The Morgan fingerprint density at radius 3 is 1.57 bits per heavy atom. The summed E-state index contributed by atoms with van der Waals surface area (Å²) in [6, 6.07) is 19.9. The molecule has 1 heterocycles. The van der Waals surface area contributed by atoms with E-state index >= 15 is 0 Å². The summed E-state index contributed by atoms with van der Waals surface area (Å²) in [5.74, 6) is 1.47. The summed E-state index contributed by atoms with van der Waals surface area (Å²) in [7, 11) is -2.85. The van der Waals surface area contributed by atoms with Crippen LogP contribution in [0.1, 0.15) is 30.5 Å². The van der Waals surface area contributed by atoms with Gasteiger partial charge in [0.15, 0.2) is 11.6 Å². The fourth-order valence-electron chi connectivity index (χ4n) is 4.06. The smallest absolute Gasteiger partial charge is 0.240 e. The molecule has 0 amide bonds. The van der Waals surface area contributed by atoms with Crippen LogP contribution in [0.3, 0.4) is 0 Å². The molecule has 0 bridgehead atoms. The number of anilines is 4. The average Bonchev–Trinajstić information content (AvgIpc) is 3.06. The largest absolute Gasteiger partial charge is 0.495 e. The van der Waals surface area contributed by atoms with Crippen molar-refractivity contribution in [3.8, 4) is 5.75 Å². The lowest BCUT2D eigenvalue weighted by atomic mass is 10.1. The minimum absolute atomic E-state index is 0.142. The molecule has 16 heteroatoms. The highest BCUT2D eigenvalue weighted by Crippen LogP contribution is 2.28. The van der Waals surface area contributed by atoms with Crippen molar-refractivity contribution >= 4 is 54.7 Å². The maximum atomic E-state index is 12.1. The maximum Gasteiger partial charge on any atom is 0.240 e. The fraction of sp³-hybridized carbons (Fsp3) is 0.200. The molecule has 0 atom stereocenters. The van der Waals surface area contributed by atoms with Crippen LogP contribution in [0.5, 0.6) is 5.75 Å². The molecule has 0 fully saturated rings. The average molecular weight is 666 g/mol. The third-order valence-electron chi connectivity index (χ3n) is 6.71. The van der Waals surface area contributed by atoms with Crippen LogP contribution in [0.15, 0.2) is 92.8 Å². The first-order chi connectivity index (χ1) is 21.8. The molecule has 4 aromatic rings. The summed E-state index contributed by atoms with van der Waals surface area (Å²) in [6.07, 6.45) is 0. The van der Waals surface area contributed by atoms with Gasteiger partial charge in [-0.15, -0.1) is 0 Å². The lowest BCUT2D eigenvalue weighted by Crippen LogP contribution is -2.18. The molecule has 0 unspecified atom stereocenters. The Balaban J connectivity index is 1.63. The van der Waals surface area contributed by atoms with Gasteiger partial charge >= 0.3 is 0 Å². The van der Waals surface area contributed by atoms with E-state index in [1.807, 2.05) is 25.1 Å². The van der Waals surface area contributed by atoms with E-state index in [9.17, 15) is 16.8 Å². The van der Waals surface area contributed by atoms with E-state index in [0.29, 0.717) is 45.6 Å². The molecule has 0 spiro atoms. The summed E-state index contributed by atoms with van der Waals surface area (Å²) in [6.45, 7) is 5.49. The number of benzene rings is 3. The third kappa shape index (κ3) is 8.42. The normalized spacial score (nSPS) is 12.5. The van der Waals surface area contributed by atoms with Gasteiger partial charge in [0.1, 0.15) is 5.75 Å². The van der Waals surface area contributed by atoms with Crippen molar-refractivity contribution in [2.24, 2.45) is 10.2 Å². The Hall–Kier alpha value is -4.90. The van der Waals surface area contributed by atoms with E-state index < -0.39 is 20.0 Å². The van der Waals surface area contributed by atoms with Gasteiger partial charge in [0.05, 0.1) is 34.0 Å². The van der Waals surface area contributed by atoms with Gasteiger partial charge in [-0.05, 0) is 88.0 Å². The molecule has 4 rings (SSSR count). The number of aromatic nitrogens is 2. The number of hydrogen-bond donors (Lipinski definition) is 5. The van der Waals surface area contributed by atoms with Crippen molar-refractivity contribution in [1.29, 1.82) is 0 Å². The topological polar surface area (TPSA) is 188 Å². The minimum Gasteiger partial charge on any atom is -0.495 e. The summed E-state index contributed by atoms with van der Waals surface area (Å²) in [5.41, 5.74) is 10.1. The zero-order valence-corrected chi connectivity index (χ0v) is 27.7. The van der Waals surface area contributed by atoms with Gasteiger partial charge in [0.25, 0.3) is 0 Å². The van der Waals surface area contributed by atoms with Gasteiger partial charge in [0.2, 0.25) is 26.0 Å². The molecule has 14 nitrogen and oxygen atoms in total. The van der Waals surface area contributed by atoms with Gasteiger partial charge in [0, 0.05) is 6.07 Å². The number of hydrazone groups is 2. The van der Waals surface area contributed by atoms with Crippen LogP contribution in [0, 0.1) is 6.92 Å². The second-order valence-corrected chi connectivity index (χ2v) is 13.6. The molecule has 0 aliphatic carbocycles. The SMILES string of the molecule is CNS(=O)(=O)c1ccc(C(C)=NNc2cc(NN=C(C)c3ccc(S(=O)(=O)NC)cc3)nc(Nc3cc(C)ccc3OC)n2)cc1. The molecule has 0 saturated carbocycles. The quantitative estimate of drug-likeness (QED) is 0.103. The maximum absolute atomic E-state index is 12.1. The highest BCUT2D eigenvalue weighted by Gasteiger charge is 2.13. The zero-order valence-electron chi connectivity index (χ0n) is 26.1. The van der Waals surface area contributed by atoms with Crippen molar-refractivity contribution in [3.63, 3.8) is 0 Å². The lowest BCUT2D eigenvalue weighted by molar-refractivity contribution is 0.416. The highest BCUT2D eigenvalue weighted by atomic mass is 32.2. The number of aryl methyl sites for hydroxylation is 1. The Labute approximate surface area is 268 Å². The fourth-order valence-corrected chi connectivity index (χ4v) is 5.52. The van der Waals surface area contributed by atoms with Crippen molar-refractivity contribution in [2.75, 3.05) is 37.4 Å². The lowest BCUT2D eigenvalue weighted by Gasteiger charge is -2.13. The van der Waals surface area contributed by atoms with Crippen LogP contribution in [0.2, 0.25) is 0 Å². The predicted molar refractivity (Wildman–Crippen MR) is 180 cm³/mol. The number of methoxy groups -OCH3 is 1. The molecule has 1 aromatic heterocycles. The molecular formula is C30H35N9O5S2. The van der Waals surface area contributed by atoms with Crippen molar-refractivity contribution in [2.45, 2.75) is 30.6 Å². The van der Waals surface area contributed by atoms with Crippen LogP contribution in [0.4, 0.5) is 23.3 Å². The summed E-state index contributed by atoms with van der Waals surface area (Å²) in [4.78, 5) is 9.38. The molecule has 0 radical (unpaired) electrons. The van der Waals surface area contributed by atoms with Crippen LogP contribution in [-0.2, 0) is 20.0 Å². The Morgan fingerprint density at radius 2 is 1.15 bits per heavy atom. The third-order valence-corrected chi connectivity index (χ3v) is 9.57. The molecule has 0 aliphatic heterocycles. The first-order valence-corrected chi connectivity index (χ1v) is 16.8. The first-order valence-electron chi connectivity index (χ1n) is 13.8. The Kier molecular flexibility index (Phi) is 10.7. The summed E-state index contributed by atoms with van der Waals surface area (Å²) < 4.78 is 58.3. The van der Waals surface area contributed by atoms with Crippen molar-refractivity contribution in [1.82, 2.24) is 19.4 Å². The highest BCUT2D eigenvalue weighted by molar-refractivity contribution is 7.89. The van der Waals surface area contributed by atoms with Crippen LogP contribution >= 0.6 is 0 Å². The van der Waals surface area contributed by atoms with Crippen LogP contribution in [0.25, 0.3) is 0 Å². The van der Waals surface area contributed by atoms with Gasteiger partial charge < -0.3 is 10.1 Å². The second-order valence-electron chi connectivity index (χ2n) is 9.87. The second kappa shape index (κ2) is 14.5. The van der Waals surface area contributed by atoms with E-state index in [2.05, 4.69) is 45.8 Å². The molecule has 242 valence electrons.